The van der Waals surface area contributed by atoms with Crippen LogP contribution in [0.3, 0.4) is 0 Å². The minimum Gasteiger partial charge on any atom is -0.317 e. The van der Waals surface area contributed by atoms with E-state index in [1.54, 1.807) is 17.0 Å². The van der Waals surface area contributed by atoms with Gasteiger partial charge in [-0.2, -0.15) is 0 Å². The third-order valence-corrected chi connectivity index (χ3v) is 5.04. The fourth-order valence-corrected chi connectivity index (χ4v) is 3.58. The molecule has 3 aromatic heterocycles. The quantitative estimate of drug-likeness (QED) is 0.774. The molecule has 134 valence electrons. The van der Waals surface area contributed by atoms with Crippen molar-refractivity contribution in [2.75, 3.05) is 13.1 Å². The lowest BCUT2D eigenvalue weighted by molar-refractivity contribution is 0.456. The first-order chi connectivity index (χ1) is 12.6. The number of nitrogens with zero attached hydrogens (tertiary/aromatic N) is 5. The van der Waals surface area contributed by atoms with Crippen LogP contribution in [0, 0.1) is 13.8 Å². The highest BCUT2D eigenvalue weighted by Gasteiger charge is 2.21. The van der Waals surface area contributed by atoms with E-state index in [0.29, 0.717) is 18.0 Å². The van der Waals surface area contributed by atoms with Crippen LogP contribution in [-0.2, 0) is 6.54 Å². The van der Waals surface area contributed by atoms with Crippen LogP contribution < -0.4 is 10.9 Å². The minimum atomic E-state index is 0.0209. The molecule has 0 radical (unpaired) electrons. The van der Waals surface area contributed by atoms with Crippen molar-refractivity contribution in [1.29, 1.82) is 0 Å². The largest absolute Gasteiger partial charge is 0.317 e. The normalized spacial score (nSPS) is 15.5. The molecule has 0 saturated carbocycles. The smallest absolute Gasteiger partial charge is 0.256 e. The Hall–Kier alpha value is -2.67. The predicted molar refractivity (Wildman–Crippen MR) is 99.3 cm³/mol. The van der Waals surface area contributed by atoms with Crippen molar-refractivity contribution in [1.82, 2.24) is 29.8 Å². The van der Waals surface area contributed by atoms with E-state index in [9.17, 15) is 4.79 Å². The summed E-state index contributed by atoms with van der Waals surface area (Å²) in [6.07, 6.45) is 7.07. The van der Waals surface area contributed by atoms with Crippen molar-refractivity contribution in [3.05, 3.63) is 57.8 Å². The molecule has 7 heteroatoms. The molecule has 0 atom stereocenters. The summed E-state index contributed by atoms with van der Waals surface area (Å²) in [7, 11) is 0. The Kier molecular flexibility index (Phi) is 4.46. The molecule has 1 aliphatic rings. The van der Waals surface area contributed by atoms with Gasteiger partial charge in [-0.1, -0.05) is 0 Å². The van der Waals surface area contributed by atoms with Gasteiger partial charge in [0, 0.05) is 29.5 Å². The number of hydrogen-bond acceptors (Lipinski definition) is 6. The van der Waals surface area contributed by atoms with Gasteiger partial charge in [-0.15, -0.1) is 0 Å². The summed E-state index contributed by atoms with van der Waals surface area (Å²) in [5, 5.41) is 4.25. The fraction of sp³-hybridized carbons (Fsp3) is 0.421. The van der Waals surface area contributed by atoms with E-state index in [4.69, 9.17) is 0 Å². The summed E-state index contributed by atoms with van der Waals surface area (Å²) in [5.41, 5.74) is 3.14. The third kappa shape index (κ3) is 3.10. The zero-order valence-electron chi connectivity index (χ0n) is 15.1. The van der Waals surface area contributed by atoms with Crippen LogP contribution in [0.5, 0.6) is 0 Å². The van der Waals surface area contributed by atoms with Gasteiger partial charge in [0.1, 0.15) is 11.5 Å². The van der Waals surface area contributed by atoms with E-state index >= 15 is 0 Å². The van der Waals surface area contributed by atoms with Gasteiger partial charge in [0.15, 0.2) is 0 Å². The highest BCUT2D eigenvalue weighted by atomic mass is 16.1. The molecule has 7 nitrogen and oxygen atoms in total. The van der Waals surface area contributed by atoms with E-state index in [2.05, 4.69) is 25.3 Å². The van der Waals surface area contributed by atoms with Gasteiger partial charge in [-0.05, 0) is 51.8 Å². The number of piperidine rings is 1. The van der Waals surface area contributed by atoms with Crippen LogP contribution in [0.15, 0.2) is 29.5 Å². The summed E-state index contributed by atoms with van der Waals surface area (Å²) < 4.78 is 1.73. The SMILES string of the molecule is Cc1ncc2cc(C3CCNCC3)c(=O)n(Cc3nccnc3C)c2n1. The molecule has 4 heterocycles. The number of fused-ring (bicyclic) bond motifs is 1. The van der Waals surface area contributed by atoms with Crippen LogP contribution in [0.25, 0.3) is 11.0 Å². The zero-order valence-corrected chi connectivity index (χ0v) is 15.1. The topological polar surface area (TPSA) is 85.6 Å². The van der Waals surface area contributed by atoms with Gasteiger partial charge in [0.05, 0.1) is 17.9 Å². The molecular formula is C19H22N6O. The summed E-state index contributed by atoms with van der Waals surface area (Å²) >= 11 is 0. The van der Waals surface area contributed by atoms with Crippen LogP contribution in [-0.4, -0.2) is 37.6 Å². The first kappa shape index (κ1) is 16.8. The van der Waals surface area contributed by atoms with Crippen molar-refractivity contribution in [2.24, 2.45) is 0 Å². The molecule has 0 unspecified atom stereocenters. The summed E-state index contributed by atoms with van der Waals surface area (Å²) in [6.45, 7) is 5.99. The predicted octanol–water partition coefficient (Wildman–Crippen LogP) is 1.71. The fourth-order valence-electron chi connectivity index (χ4n) is 3.58. The van der Waals surface area contributed by atoms with Crippen LogP contribution in [0.1, 0.15) is 41.5 Å². The van der Waals surface area contributed by atoms with Crippen molar-refractivity contribution in [3.63, 3.8) is 0 Å². The Bertz CT molecular complexity index is 1010. The van der Waals surface area contributed by atoms with E-state index < -0.39 is 0 Å². The molecule has 0 amide bonds. The lowest BCUT2D eigenvalue weighted by atomic mass is 9.90. The maximum absolute atomic E-state index is 13.3. The highest BCUT2D eigenvalue weighted by molar-refractivity contribution is 5.75. The zero-order chi connectivity index (χ0) is 18.1. The molecule has 0 aliphatic carbocycles. The Labute approximate surface area is 151 Å². The summed E-state index contributed by atoms with van der Waals surface area (Å²) in [5.74, 6) is 0.916. The first-order valence-corrected chi connectivity index (χ1v) is 8.98. The highest BCUT2D eigenvalue weighted by Crippen LogP contribution is 2.25. The first-order valence-electron chi connectivity index (χ1n) is 8.98. The number of hydrogen-bond donors (Lipinski definition) is 1. The Balaban J connectivity index is 1.90. The number of aryl methyl sites for hydroxylation is 2. The van der Waals surface area contributed by atoms with Crippen molar-refractivity contribution < 1.29 is 0 Å². The molecular weight excluding hydrogens is 328 g/mol. The monoisotopic (exact) mass is 350 g/mol. The molecule has 4 rings (SSSR count). The molecule has 0 aromatic carbocycles. The van der Waals surface area contributed by atoms with Crippen LogP contribution >= 0.6 is 0 Å². The van der Waals surface area contributed by atoms with Gasteiger partial charge < -0.3 is 5.32 Å². The van der Waals surface area contributed by atoms with Gasteiger partial charge in [0.2, 0.25) is 0 Å². The summed E-state index contributed by atoms with van der Waals surface area (Å²) in [6, 6.07) is 1.98. The Morgan fingerprint density at radius 1 is 1.15 bits per heavy atom. The van der Waals surface area contributed by atoms with E-state index in [1.165, 1.54) is 0 Å². The van der Waals surface area contributed by atoms with Crippen molar-refractivity contribution in [2.45, 2.75) is 39.2 Å². The number of aromatic nitrogens is 5. The number of rotatable bonds is 3. The van der Waals surface area contributed by atoms with Crippen LogP contribution in [0.2, 0.25) is 0 Å². The van der Waals surface area contributed by atoms with E-state index in [0.717, 1.165) is 48.3 Å². The average Bonchev–Trinajstić information content (AvgIpc) is 2.66. The van der Waals surface area contributed by atoms with Crippen molar-refractivity contribution >= 4 is 11.0 Å². The van der Waals surface area contributed by atoms with Gasteiger partial charge in [-0.3, -0.25) is 19.3 Å². The van der Waals surface area contributed by atoms with E-state index in [1.807, 2.05) is 26.1 Å². The Morgan fingerprint density at radius 2 is 1.92 bits per heavy atom. The molecule has 1 aliphatic heterocycles. The van der Waals surface area contributed by atoms with Gasteiger partial charge in [0.25, 0.3) is 5.56 Å². The molecule has 0 bridgehead atoms. The van der Waals surface area contributed by atoms with Gasteiger partial charge in [-0.25, -0.2) is 9.97 Å². The minimum absolute atomic E-state index is 0.0209. The lowest BCUT2D eigenvalue weighted by Crippen LogP contribution is -2.32. The lowest BCUT2D eigenvalue weighted by Gasteiger charge is -2.23. The Morgan fingerprint density at radius 3 is 2.69 bits per heavy atom. The standard InChI is InChI=1S/C19H22N6O/c1-12-17(22-8-7-21-12)11-25-18-15(10-23-13(2)24-18)9-16(19(25)26)14-3-5-20-6-4-14/h7-10,14,20H,3-6,11H2,1-2H3. The van der Waals surface area contributed by atoms with Gasteiger partial charge >= 0.3 is 0 Å². The van der Waals surface area contributed by atoms with E-state index in [-0.39, 0.29) is 11.5 Å². The van der Waals surface area contributed by atoms with Crippen LogP contribution in [0.4, 0.5) is 0 Å². The average molecular weight is 350 g/mol. The molecule has 1 fully saturated rings. The second kappa shape index (κ2) is 6.92. The number of pyridine rings is 1. The molecule has 3 aromatic rings. The maximum Gasteiger partial charge on any atom is 0.256 e. The third-order valence-electron chi connectivity index (χ3n) is 5.04. The number of nitrogens with one attached hydrogen (secondary N) is 1. The maximum atomic E-state index is 13.3. The van der Waals surface area contributed by atoms with Crippen molar-refractivity contribution in [3.8, 4) is 0 Å². The molecule has 1 N–H and O–H groups in total. The molecule has 1 saturated heterocycles. The molecule has 0 spiro atoms. The molecule has 26 heavy (non-hydrogen) atoms. The summed E-state index contributed by atoms with van der Waals surface area (Å²) in [4.78, 5) is 30.9. The second-order valence-corrected chi connectivity index (χ2v) is 6.80. The second-order valence-electron chi connectivity index (χ2n) is 6.80.